The van der Waals surface area contributed by atoms with Gasteiger partial charge in [-0.2, -0.15) is 8.78 Å². The average molecular weight is 400 g/mol. The number of ether oxygens (including phenoxy) is 2. The number of aryl methyl sites for hydroxylation is 2. The Morgan fingerprint density at radius 1 is 1.31 bits per heavy atom. The summed E-state index contributed by atoms with van der Waals surface area (Å²) in [6, 6.07) is 6.55. The van der Waals surface area contributed by atoms with E-state index in [1.54, 1.807) is 25.1 Å². The lowest BCUT2D eigenvalue weighted by atomic mass is 10.2. The number of nitrogens with one attached hydrogen (secondary N) is 2. The number of alkyl halides is 2. The third kappa shape index (κ3) is 5.12. The van der Waals surface area contributed by atoms with Gasteiger partial charge in [0.25, 0.3) is 0 Å². The molecule has 0 aliphatic heterocycles. The summed E-state index contributed by atoms with van der Waals surface area (Å²) in [6.07, 6.45) is 0.751. The van der Waals surface area contributed by atoms with Crippen LogP contribution < -0.4 is 15.4 Å². The van der Waals surface area contributed by atoms with Gasteiger partial charge in [0.15, 0.2) is 5.11 Å². The van der Waals surface area contributed by atoms with Gasteiger partial charge in [-0.1, -0.05) is 13.0 Å². The molecule has 0 fully saturated rings. The number of thiocarbonyl (C=S) groups is 1. The minimum Gasteiger partial charge on any atom is -0.465 e. The van der Waals surface area contributed by atoms with Gasteiger partial charge in [-0.25, -0.2) is 4.79 Å². The van der Waals surface area contributed by atoms with Crippen LogP contribution in [0.25, 0.3) is 0 Å². The first-order valence-corrected chi connectivity index (χ1v) is 8.91. The Balaban J connectivity index is 2.19. The monoisotopic (exact) mass is 400 g/mol. The number of methoxy groups -OCH3 is 1. The number of hydrogen-bond acceptors (Lipinski definition) is 5. The highest BCUT2D eigenvalue weighted by atomic mass is 32.1. The number of carbonyl (C=O) groups excluding carboxylic acids is 1. The molecule has 0 saturated carbocycles. The molecule has 9 heteroatoms. The molecule has 2 N–H and O–H groups in total. The Labute approximate surface area is 159 Å². The Kier molecular flexibility index (Phi) is 6.87. The van der Waals surface area contributed by atoms with Gasteiger partial charge in [0, 0.05) is 4.88 Å². The van der Waals surface area contributed by atoms with Crippen molar-refractivity contribution in [1.82, 2.24) is 0 Å². The summed E-state index contributed by atoms with van der Waals surface area (Å²) in [5.41, 5.74) is 1.43. The van der Waals surface area contributed by atoms with Crippen LogP contribution in [0.2, 0.25) is 0 Å². The zero-order chi connectivity index (χ0) is 19.3. The minimum absolute atomic E-state index is 0.0160. The van der Waals surface area contributed by atoms with Crippen molar-refractivity contribution >= 4 is 45.3 Å². The predicted octanol–water partition coefficient (Wildman–Crippen LogP) is 4.82. The highest BCUT2D eigenvalue weighted by Gasteiger charge is 2.18. The van der Waals surface area contributed by atoms with Crippen molar-refractivity contribution in [3.63, 3.8) is 0 Å². The second-order valence-corrected chi connectivity index (χ2v) is 6.80. The molecular weight excluding hydrogens is 382 g/mol. The molecule has 2 aromatic rings. The molecule has 0 radical (unpaired) electrons. The summed E-state index contributed by atoms with van der Waals surface area (Å²) < 4.78 is 34.5. The molecule has 0 aliphatic carbocycles. The largest absolute Gasteiger partial charge is 0.465 e. The van der Waals surface area contributed by atoms with Crippen molar-refractivity contribution < 1.29 is 23.0 Å². The van der Waals surface area contributed by atoms with E-state index >= 15 is 0 Å². The lowest BCUT2D eigenvalue weighted by molar-refractivity contribution is -0.0493. The lowest BCUT2D eigenvalue weighted by Gasteiger charge is -2.15. The maximum atomic E-state index is 12.6. The second-order valence-electron chi connectivity index (χ2n) is 5.26. The summed E-state index contributed by atoms with van der Waals surface area (Å²) in [5.74, 6) is -0.499. The summed E-state index contributed by atoms with van der Waals surface area (Å²) in [4.78, 5) is 12.9. The van der Waals surface area contributed by atoms with Gasteiger partial charge in [-0.05, 0) is 49.3 Å². The third-order valence-corrected chi connectivity index (χ3v) is 4.76. The van der Waals surface area contributed by atoms with E-state index < -0.39 is 12.6 Å². The van der Waals surface area contributed by atoms with Crippen molar-refractivity contribution in [2.24, 2.45) is 0 Å². The molecule has 0 saturated heterocycles. The standard InChI is InChI=1S/C17H18F2N2O3S2/c1-4-10-8-11(15(22)23-3)14(26-10)21-17(25)20-12-6-5-9(2)7-13(12)24-16(18)19/h5-8,16H,4H2,1-3H3,(H2,20,21,25). The summed E-state index contributed by atoms with van der Waals surface area (Å²) in [5, 5.41) is 6.40. The molecular formula is C17H18F2N2O3S2. The van der Waals surface area contributed by atoms with Crippen LogP contribution in [0.4, 0.5) is 19.5 Å². The summed E-state index contributed by atoms with van der Waals surface area (Å²) in [6.45, 7) is 0.779. The van der Waals surface area contributed by atoms with E-state index in [9.17, 15) is 13.6 Å². The van der Waals surface area contributed by atoms with E-state index in [0.29, 0.717) is 16.3 Å². The number of halogens is 2. The molecule has 1 heterocycles. The van der Waals surface area contributed by atoms with E-state index in [-0.39, 0.29) is 10.9 Å². The number of thiophene rings is 1. The fourth-order valence-corrected chi connectivity index (χ4v) is 3.42. The molecule has 1 aromatic heterocycles. The fourth-order valence-electron chi connectivity index (χ4n) is 2.15. The number of benzene rings is 1. The molecule has 0 aliphatic rings. The van der Waals surface area contributed by atoms with Crippen LogP contribution in [0.1, 0.15) is 27.7 Å². The molecule has 0 amide bonds. The van der Waals surface area contributed by atoms with Crippen LogP contribution in [0.5, 0.6) is 5.75 Å². The topological polar surface area (TPSA) is 59.6 Å². The van der Waals surface area contributed by atoms with Crippen LogP contribution in [-0.4, -0.2) is 24.8 Å². The molecule has 0 unspecified atom stereocenters. The van der Waals surface area contributed by atoms with E-state index in [1.165, 1.54) is 24.5 Å². The molecule has 1 aromatic carbocycles. The molecule has 0 spiro atoms. The minimum atomic E-state index is -2.95. The van der Waals surface area contributed by atoms with Crippen LogP contribution in [-0.2, 0) is 11.2 Å². The summed E-state index contributed by atoms with van der Waals surface area (Å²) in [7, 11) is 1.30. The van der Waals surface area contributed by atoms with E-state index in [4.69, 9.17) is 17.0 Å². The van der Waals surface area contributed by atoms with Gasteiger partial charge < -0.3 is 20.1 Å². The van der Waals surface area contributed by atoms with Crippen LogP contribution >= 0.6 is 23.6 Å². The van der Waals surface area contributed by atoms with Crippen molar-refractivity contribution in [3.05, 3.63) is 40.3 Å². The smallest absolute Gasteiger partial charge is 0.387 e. The van der Waals surface area contributed by atoms with Crippen molar-refractivity contribution in [1.29, 1.82) is 0 Å². The van der Waals surface area contributed by atoms with E-state index in [0.717, 1.165) is 16.9 Å². The Bertz CT molecular complexity index is 809. The van der Waals surface area contributed by atoms with Crippen LogP contribution in [0.15, 0.2) is 24.3 Å². The second kappa shape index (κ2) is 8.91. The first kappa shape index (κ1) is 20.1. The van der Waals surface area contributed by atoms with E-state index in [2.05, 4.69) is 15.4 Å². The Hall–Kier alpha value is -2.26. The SMILES string of the molecule is CCc1cc(C(=O)OC)c(NC(=S)Nc2ccc(C)cc2OC(F)F)s1. The molecule has 2 rings (SSSR count). The van der Waals surface area contributed by atoms with Gasteiger partial charge >= 0.3 is 12.6 Å². The van der Waals surface area contributed by atoms with Gasteiger partial charge in [-0.3, -0.25) is 0 Å². The number of esters is 1. The van der Waals surface area contributed by atoms with Crippen LogP contribution in [0, 0.1) is 6.92 Å². The lowest BCUT2D eigenvalue weighted by Crippen LogP contribution is -2.20. The normalized spacial score (nSPS) is 10.5. The maximum Gasteiger partial charge on any atom is 0.387 e. The first-order chi connectivity index (χ1) is 12.3. The first-order valence-electron chi connectivity index (χ1n) is 7.68. The molecule has 5 nitrogen and oxygen atoms in total. The fraction of sp³-hybridized carbons (Fsp3) is 0.294. The van der Waals surface area contributed by atoms with Crippen molar-refractivity contribution in [3.8, 4) is 5.75 Å². The van der Waals surface area contributed by atoms with Gasteiger partial charge in [-0.15, -0.1) is 11.3 Å². The molecule has 0 bridgehead atoms. The quantitative estimate of drug-likeness (QED) is 0.536. The van der Waals surface area contributed by atoms with Crippen molar-refractivity contribution in [2.45, 2.75) is 26.9 Å². The molecule has 0 atom stereocenters. The third-order valence-electron chi connectivity index (χ3n) is 3.37. The van der Waals surface area contributed by atoms with Gasteiger partial charge in [0.05, 0.1) is 18.4 Å². The van der Waals surface area contributed by atoms with Gasteiger partial charge in [0.1, 0.15) is 10.8 Å². The average Bonchev–Trinajstić information content (AvgIpc) is 2.99. The highest BCUT2D eigenvalue weighted by molar-refractivity contribution is 7.80. The molecule has 140 valence electrons. The number of carbonyl (C=O) groups is 1. The Morgan fingerprint density at radius 2 is 2.04 bits per heavy atom. The zero-order valence-electron chi connectivity index (χ0n) is 14.4. The summed E-state index contributed by atoms with van der Waals surface area (Å²) >= 11 is 6.61. The van der Waals surface area contributed by atoms with Crippen LogP contribution in [0.3, 0.4) is 0 Å². The Morgan fingerprint density at radius 3 is 2.65 bits per heavy atom. The number of anilines is 2. The predicted molar refractivity (Wildman–Crippen MR) is 103 cm³/mol. The maximum absolute atomic E-state index is 12.6. The zero-order valence-corrected chi connectivity index (χ0v) is 16.0. The number of hydrogen-bond donors (Lipinski definition) is 2. The highest BCUT2D eigenvalue weighted by Crippen LogP contribution is 2.31. The molecule has 26 heavy (non-hydrogen) atoms. The van der Waals surface area contributed by atoms with E-state index in [1.807, 2.05) is 6.92 Å². The van der Waals surface area contributed by atoms with Gasteiger partial charge in [0.2, 0.25) is 0 Å². The van der Waals surface area contributed by atoms with Crippen molar-refractivity contribution in [2.75, 3.05) is 17.7 Å². The number of rotatable bonds is 6.